The number of phenols is 1. The van der Waals surface area contributed by atoms with Gasteiger partial charge in [0.25, 0.3) is 0 Å². The van der Waals surface area contributed by atoms with Crippen LogP contribution in [0.5, 0.6) is 11.6 Å². The summed E-state index contributed by atoms with van der Waals surface area (Å²) >= 11 is 3.17. The number of aromatic nitrogens is 7. The van der Waals surface area contributed by atoms with Gasteiger partial charge in [-0.15, -0.1) is 0 Å². The van der Waals surface area contributed by atoms with Crippen molar-refractivity contribution >= 4 is 118 Å². The fourth-order valence-corrected chi connectivity index (χ4v) is 18.9. The number of halogens is 3. The fourth-order valence-electron chi connectivity index (χ4n) is 14.0. The molecule has 14 aromatic carbocycles. The van der Waals surface area contributed by atoms with Gasteiger partial charge in [0.15, 0.2) is 11.4 Å². The number of phenolic OH excluding ortho intramolecular Hbond substituents is 1. The normalized spacial score (nSPS) is 10.5. The van der Waals surface area contributed by atoms with E-state index in [2.05, 4.69) is 292 Å². The second-order valence-electron chi connectivity index (χ2n) is 31.2. The molecule has 136 heavy (non-hydrogen) atoms. The first-order valence-electron chi connectivity index (χ1n) is 44.2. The molecule has 16 nitrogen and oxygen atoms in total. The van der Waals surface area contributed by atoms with Crippen LogP contribution in [-0.4, -0.2) is 87.0 Å². The molecule has 0 aliphatic heterocycles. The predicted octanol–water partition coefficient (Wildman–Crippen LogP) is 21.8. The zero-order valence-electron chi connectivity index (χ0n) is 76.5. The number of hydrogen-bond donors (Lipinski definition) is 6. The number of carbonyl (C=O) groups is 1. The molecule has 0 amide bonds. The van der Waals surface area contributed by atoms with Gasteiger partial charge >= 0.3 is 42.1 Å². The molecule has 0 spiro atoms. The Morgan fingerprint density at radius 1 is 0.390 bits per heavy atom. The number of anilines is 2. The molecular weight excluding hydrogens is 1930 g/mol. The monoisotopic (exact) mass is 2030 g/mol. The smallest absolute Gasteiger partial charge is 0.0134 e. The van der Waals surface area contributed by atoms with E-state index in [1.165, 1.54) is 59.6 Å². The Labute approximate surface area is 825 Å². The molecule has 0 atom stereocenters. The molecule has 23 heteroatoms. The Bertz CT molecular complexity index is 6240. The molecule has 0 aliphatic carbocycles. The van der Waals surface area contributed by atoms with Gasteiger partial charge in [0.2, 0.25) is 12.2 Å². The topological polar surface area (TPSA) is 250 Å². The second-order valence-corrected chi connectivity index (χ2v) is 38.8. The molecular formula is C113H109BBrCl2N9O7P2Pd. The molecule has 18 aromatic rings. The van der Waals surface area contributed by atoms with Crippen LogP contribution in [0.15, 0.2) is 418 Å². The minimum absolute atomic E-state index is 0.0300. The van der Waals surface area contributed by atoms with Gasteiger partial charge in [-0.3, -0.25) is 9.20 Å². The number of aromatic hydroxyl groups is 2. The van der Waals surface area contributed by atoms with E-state index in [0.717, 1.165) is 61.9 Å². The van der Waals surface area contributed by atoms with Crippen molar-refractivity contribution in [2.75, 3.05) is 24.7 Å². The summed E-state index contributed by atoms with van der Waals surface area (Å²) < 4.78 is 13.0. The summed E-state index contributed by atoms with van der Waals surface area (Å²) in [5.74, 6) is 1.28. The van der Waals surface area contributed by atoms with E-state index in [0.29, 0.717) is 78.4 Å². The Hall–Kier alpha value is -12.8. The maximum Gasteiger partial charge on any atom is -0.0134 e. The molecule has 692 valence electrons. The van der Waals surface area contributed by atoms with Crippen LogP contribution in [0.25, 0.3) is 28.2 Å². The molecule has 18 rings (SSSR count). The number of Topliss-reactive ketones (excluding diaryl/α,β-unsaturated/α-hetero) is 1. The Kier molecular flexibility index (Phi) is 42.6. The minimum Gasteiger partial charge on any atom is -0.0622 e. The molecule has 4 heterocycles. The molecule has 0 radical (unpaired) electrons. The van der Waals surface area contributed by atoms with Crippen molar-refractivity contribution in [3.63, 3.8) is 0 Å². The number of fused-ring (bicyclic) bond motifs is 1. The molecule has 8 N–H and O–H groups in total. The number of imidazole rings is 1. The van der Waals surface area contributed by atoms with Crippen molar-refractivity contribution in [3.05, 3.63) is 490 Å². The van der Waals surface area contributed by atoms with Crippen molar-refractivity contribution in [2.24, 2.45) is 0 Å². The number of nitrogens with two attached hydrogens (primary N) is 2. The number of ether oxygens (including phenoxy) is 2. The van der Waals surface area contributed by atoms with Crippen molar-refractivity contribution in [2.45, 2.75) is 79.9 Å². The Morgan fingerprint density at radius 2 is 0.691 bits per heavy atom. The average Bonchev–Trinajstić information content (AvgIpc) is 1.61. The number of hydrogen-bond acceptors (Lipinski definition) is 15. The van der Waals surface area contributed by atoms with Gasteiger partial charge in [-0.1, -0.05) is 404 Å². The minimum atomic E-state index is -1.35. The van der Waals surface area contributed by atoms with E-state index in [1.54, 1.807) is 41.1 Å². The van der Waals surface area contributed by atoms with Crippen LogP contribution in [0, 0.1) is 27.7 Å². The third-order valence-corrected chi connectivity index (χ3v) is 26.2. The molecule has 0 saturated heterocycles. The SMILES string of the molecule is CCOC(OCC)C(=O)Cc1ccc(C)cc1.Cc1ccc(-c2cn3c(O)c(Cc4ccc(O)cc4)nc3c(Cc3ccccc3)n2)cc1.Cc1ccc(-c2cnc(N)c(Cc3ccccc3)n2)cc1.Cc1ccc(B(O)O)cc1.Nc1ncc(Br)nc1Cc1ccccc1.[Cl][Pd][Cl].c1ccc(P(c2ccccc2)c2ccccc2)cc1.c1ccc(P(c2ccccc2)c2ccccc2)cc1. The van der Waals surface area contributed by atoms with Crippen LogP contribution in [0.1, 0.15) is 86.7 Å². The van der Waals surface area contributed by atoms with Crippen LogP contribution in [0.4, 0.5) is 11.6 Å². The van der Waals surface area contributed by atoms with E-state index >= 15 is 0 Å². The fraction of sp³-hybridized carbons (Fsp3) is 0.124. The summed E-state index contributed by atoms with van der Waals surface area (Å²) in [5, 5.41) is 46.3. The van der Waals surface area contributed by atoms with Gasteiger partial charge in [-0.2, -0.15) is 0 Å². The van der Waals surface area contributed by atoms with Gasteiger partial charge in [0, 0.05) is 62.6 Å². The molecule has 0 unspecified atom stereocenters. The first kappa shape index (κ1) is 104. The largest absolute Gasteiger partial charge is 0.0622 e. The number of carbonyl (C=O) groups excluding carboxylic acids is 1. The van der Waals surface area contributed by atoms with Gasteiger partial charge in [-0.25, -0.2) is 29.9 Å². The van der Waals surface area contributed by atoms with Crippen molar-refractivity contribution in [3.8, 4) is 34.1 Å². The van der Waals surface area contributed by atoms with Gasteiger partial charge in [0.1, 0.15) is 27.7 Å². The molecule has 0 fully saturated rings. The maximum atomic E-state index is 11.9. The summed E-state index contributed by atoms with van der Waals surface area (Å²) in [6, 6.07) is 133. The van der Waals surface area contributed by atoms with Crippen LogP contribution in [-0.2, 0) is 62.3 Å². The first-order chi connectivity index (χ1) is 66.2. The van der Waals surface area contributed by atoms with Crippen molar-refractivity contribution < 1.29 is 50.5 Å². The quantitative estimate of drug-likeness (QED) is 0.0187. The average molecular weight is 2040 g/mol. The van der Waals surface area contributed by atoms with E-state index in [-0.39, 0.29) is 33.4 Å². The Balaban J connectivity index is 0.000000155. The second kappa shape index (κ2) is 55.9. The summed E-state index contributed by atoms with van der Waals surface area (Å²) in [4.78, 5) is 38.9. The van der Waals surface area contributed by atoms with E-state index in [4.69, 9.17) is 60.0 Å². The standard InChI is InChI=1S/C27H23N3O2.C18H17N3.2C18H15P.C14H20O3.C11H10BrN3.C7H9BO2.2ClH.Pd/c1-18-7-11-21(12-8-18)25-17-30-26(23(28-25)15-19-5-3-2-4-6-19)29-24(27(30)32)16-20-9-13-22(31)14-10-20;1-13-7-9-15(10-8-13)17-12-20-18(19)16(21-17)11-14-5-3-2-4-6-14;2*1-4-10-16(11-5-1)19(17-12-6-2-7-13-17)18-14-8-3-9-15-18;1-4-16-14(17-5-2)13(15)10-12-8-6-11(3)7-9-12;12-10-7-14-11(13)9(15-10)6-8-4-2-1-3-5-8;1-6-2-4-7(5-3-6)8(9)10;;;/h2-14,17,31-32H,15-16H2,1H3;2-10,12H,11H2,1H3,(H2,19,20);2*1-15H;6-9,14H,4-5,10H2,1-3H3;1-5,7H,6H2,(H2,13,14);2-5,9-10H,1H3;2*1H;/q;;;;;;;;;+2/p-2. The van der Waals surface area contributed by atoms with Crippen LogP contribution < -0.4 is 48.8 Å². The number of ketones is 1. The molecule has 0 bridgehead atoms. The van der Waals surface area contributed by atoms with Crippen LogP contribution in [0.3, 0.4) is 0 Å². The molecule has 0 saturated carbocycles. The summed E-state index contributed by atoms with van der Waals surface area (Å²) in [7, 11) is 7.39. The zero-order valence-corrected chi connectivity index (χ0v) is 82.9. The predicted molar refractivity (Wildman–Crippen MR) is 564 cm³/mol. The maximum absolute atomic E-state index is 11.9. The summed E-state index contributed by atoms with van der Waals surface area (Å²) in [6.07, 6.45) is 7.27. The number of aryl methyl sites for hydroxylation is 4. The van der Waals surface area contributed by atoms with E-state index in [1.807, 2.05) is 161 Å². The van der Waals surface area contributed by atoms with Crippen molar-refractivity contribution in [1.29, 1.82) is 0 Å². The number of nitrogens with zero attached hydrogens (tertiary/aromatic N) is 7. The molecule has 4 aromatic heterocycles. The van der Waals surface area contributed by atoms with E-state index in [9.17, 15) is 15.0 Å². The third kappa shape index (κ3) is 33.3. The zero-order chi connectivity index (χ0) is 96.2. The van der Waals surface area contributed by atoms with Gasteiger partial charge < -0.3 is 41.2 Å². The van der Waals surface area contributed by atoms with Crippen LogP contribution >= 0.6 is 50.8 Å². The Morgan fingerprint density at radius 3 is 1.06 bits per heavy atom. The molecule has 0 aliphatic rings. The summed E-state index contributed by atoms with van der Waals surface area (Å²) in [6.45, 7) is 12.8. The van der Waals surface area contributed by atoms with Crippen molar-refractivity contribution in [1.82, 2.24) is 34.3 Å². The van der Waals surface area contributed by atoms with Gasteiger partial charge in [0.05, 0.1) is 40.9 Å². The number of nitrogen functional groups attached to an aromatic ring is 2. The number of benzene rings is 14. The number of rotatable bonds is 24. The first-order valence-corrected chi connectivity index (χ1v) is 51.7. The third-order valence-electron chi connectivity index (χ3n) is 21.0. The van der Waals surface area contributed by atoms with Crippen LogP contribution in [0.2, 0.25) is 0 Å². The van der Waals surface area contributed by atoms with Gasteiger partial charge in [-0.05, 0) is 151 Å². The summed E-state index contributed by atoms with van der Waals surface area (Å²) in [5.41, 5.74) is 29.7. The van der Waals surface area contributed by atoms with E-state index < -0.39 is 29.3 Å².